The number of aromatic nitrogens is 2. The molecule has 0 spiro atoms. The van der Waals surface area contributed by atoms with Crippen LogP contribution in [0.3, 0.4) is 0 Å². The van der Waals surface area contributed by atoms with Gasteiger partial charge in [0.25, 0.3) is 5.56 Å². The molecule has 2 aromatic carbocycles. The molecule has 0 atom stereocenters. The molecule has 0 aliphatic heterocycles. The smallest absolute Gasteiger partial charge is 0.338 e. The standard InChI is InChI=1S/C24H26N2O5/c1-4-30-24(28)16-9-11-17(12-10-16)26-15(2)25-21-19(23(26)27)13-14-20(29-3)22(21)31-18-7-5-6-8-18/h9-14,18H,4-8H2,1-3H3. The molecular formula is C24H26N2O5. The summed E-state index contributed by atoms with van der Waals surface area (Å²) in [6.07, 6.45) is 4.36. The van der Waals surface area contributed by atoms with E-state index in [-0.39, 0.29) is 11.7 Å². The van der Waals surface area contributed by atoms with E-state index in [2.05, 4.69) is 0 Å². The first-order valence-electron chi connectivity index (χ1n) is 10.6. The molecule has 31 heavy (non-hydrogen) atoms. The van der Waals surface area contributed by atoms with E-state index in [0.717, 1.165) is 25.7 Å². The number of esters is 1. The Morgan fingerprint density at radius 3 is 2.48 bits per heavy atom. The van der Waals surface area contributed by atoms with Crippen LogP contribution in [-0.2, 0) is 4.74 Å². The Morgan fingerprint density at radius 1 is 1.13 bits per heavy atom. The number of ether oxygens (including phenoxy) is 3. The molecule has 7 nitrogen and oxygen atoms in total. The fourth-order valence-corrected chi connectivity index (χ4v) is 4.03. The van der Waals surface area contributed by atoms with Crippen molar-refractivity contribution in [2.24, 2.45) is 0 Å². The maximum absolute atomic E-state index is 13.4. The highest BCUT2D eigenvalue weighted by atomic mass is 16.5. The van der Waals surface area contributed by atoms with Crippen molar-refractivity contribution < 1.29 is 19.0 Å². The summed E-state index contributed by atoms with van der Waals surface area (Å²) in [6, 6.07) is 10.2. The van der Waals surface area contributed by atoms with Crippen LogP contribution >= 0.6 is 0 Å². The molecule has 3 aromatic rings. The number of aryl methyl sites for hydroxylation is 1. The second-order valence-electron chi connectivity index (χ2n) is 7.58. The number of methoxy groups -OCH3 is 1. The van der Waals surface area contributed by atoms with Crippen molar-refractivity contribution in [3.05, 3.63) is 58.1 Å². The van der Waals surface area contributed by atoms with Gasteiger partial charge in [-0.25, -0.2) is 9.78 Å². The van der Waals surface area contributed by atoms with Crippen LogP contribution in [0.5, 0.6) is 11.5 Å². The molecule has 1 aliphatic carbocycles. The molecular weight excluding hydrogens is 396 g/mol. The molecule has 4 rings (SSSR count). The van der Waals surface area contributed by atoms with Crippen LogP contribution in [0, 0.1) is 6.92 Å². The Bertz CT molecular complexity index is 1160. The first kappa shape index (κ1) is 20.9. The Kier molecular flexibility index (Phi) is 5.93. The topological polar surface area (TPSA) is 79.7 Å². The van der Waals surface area contributed by atoms with E-state index in [9.17, 15) is 9.59 Å². The SMILES string of the molecule is CCOC(=O)c1ccc(-n2c(C)nc3c(OC4CCCC4)c(OC)ccc3c2=O)cc1. The molecule has 1 heterocycles. The van der Waals surface area contributed by atoms with Crippen molar-refractivity contribution in [3.8, 4) is 17.2 Å². The van der Waals surface area contributed by atoms with E-state index in [4.69, 9.17) is 19.2 Å². The van der Waals surface area contributed by atoms with Crippen molar-refractivity contribution in [3.63, 3.8) is 0 Å². The van der Waals surface area contributed by atoms with Crippen molar-refractivity contribution in [1.29, 1.82) is 0 Å². The van der Waals surface area contributed by atoms with Crippen LogP contribution in [-0.4, -0.2) is 35.3 Å². The molecule has 0 bridgehead atoms. The van der Waals surface area contributed by atoms with Crippen LogP contribution in [0.1, 0.15) is 48.8 Å². The van der Waals surface area contributed by atoms with Gasteiger partial charge in [0.05, 0.1) is 36.5 Å². The second kappa shape index (κ2) is 8.79. The Balaban J connectivity index is 1.80. The average Bonchev–Trinajstić information content (AvgIpc) is 3.28. The van der Waals surface area contributed by atoms with Crippen molar-refractivity contribution in [2.45, 2.75) is 45.6 Å². The molecule has 162 valence electrons. The highest BCUT2D eigenvalue weighted by molar-refractivity contribution is 5.90. The Morgan fingerprint density at radius 2 is 1.84 bits per heavy atom. The van der Waals surface area contributed by atoms with Gasteiger partial charge in [0, 0.05) is 0 Å². The maximum Gasteiger partial charge on any atom is 0.338 e. The number of benzene rings is 2. The lowest BCUT2D eigenvalue weighted by Crippen LogP contribution is -2.23. The van der Waals surface area contributed by atoms with Gasteiger partial charge in [0.1, 0.15) is 11.3 Å². The molecule has 1 aromatic heterocycles. The third-order valence-electron chi connectivity index (χ3n) is 5.57. The fourth-order valence-electron chi connectivity index (χ4n) is 4.03. The maximum atomic E-state index is 13.4. The van der Waals surface area contributed by atoms with Crippen molar-refractivity contribution in [1.82, 2.24) is 9.55 Å². The first-order valence-corrected chi connectivity index (χ1v) is 10.6. The van der Waals surface area contributed by atoms with Crippen LogP contribution < -0.4 is 15.0 Å². The van der Waals surface area contributed by atoms with E-state index >= 15 is 0 Å². The number of carbonyl (C=O) groups excluding carboxylic acids is 1. The molecule has 7 heteroatoms. The van der Waals surface area contributed by atoms with Gasteiger partial charge in [0.15, 0.2) is 11.5 Å². The van der Waals surface area contributed by atoms with Gasteiger partial charge < -0.3 is 14.2 Å². The zero-order valence-corrected chi connectivity index (χ0v) is 18.0. The van der Waals surface area contributed by atoms with E-state index < -0.39 is 5.97 Å². The number of carbonyl (C=O) groups is 1. The fraction of sp³-hybridized carbons (Fsp3) is 0.375. The normalized spacial score (nSPS) is 14.0. The molecule has 1 aliphatic rings. The summed E-state index contributed by atoms with van der Waals surface area (Å²) in [7, 11) is 1.59. The minimum absolute atomic E-state index is 0.111. The molecule has 0 radical (unpaired) electrons. The summed E-state index contributed by atoms with van der Waals surface area (Å²) >= 11 is 0. The molecule has 0 unspecified atom stereocenters. The van der Waals surface area contributed by atoms with E-state index in [1.165, 1.54) is 4.57 Å². The van der Waals surface area contributed by atoms with Gasteiger partial charge in [-0.15, -0.1) is 0 Å². The highest BCUT2D eigenvalue weighted by Crippen LogP contribution is 2.36. The van der Waals surface area contributed by atoms with Crippen LogP contribution in [0.4, 0.5) is 0 Å². The predicted octanol–water partition coefficient (Wildman–Crippen LogP) is 4.20. The number of hydrogen-bond donors (Lipinski definition) is 0. The van der Waals surface area contributed by atoms with Crippen LogP contribution in [0.15, 0.2) is 41.2 Å². The van der Waals surface area contributed by atoms with Crippen LogP contribution in [0.2, 0.25) is 0 Å². The average molecular weight is 422 g/mol. The minimum atomic E-state index is -0.393. The largest absolute Gasteiger partial charge is 0.493 e. The highest BCUT2D eigenvalue weighted by Gasteiger charge is 2.23. The second-order valence-corrected chi connectivity index (χ2v) is 7.58. The summed E-state index contributed by atoms with van der Waals surface area (Å²) in [6.45, 7) is 3.84. The van der Waals surface area contributed by atoms with E-state index in [0.29, 0.717) is 46.1 Å². The van der Waals surface area contributed by atoms with E-state index in [1.807, 2.05) is 0 Å². The quantitative estimate of drug-likeness (QED) is 0.554. The summed E-state index contributed by atoms with van der Waals surface area (Å²) in [5.74, 6) is 1.22. The van der Waals surface area contributed by atoms with Gasteiger partial charge in [-0.05, 0) is 75.9 Å². The van der Waals surface area contributed by atoms with E-state index in [1.54, 1.807) is 57.4 Å². The zero-order valence-electron chi connectivity index (χ0n) is 18.0. The van der Waals surface area contributed by atoms with Gasteiger partial charge in [0.2, 0.25) is 0 Å². The lowest BCUT2D eigenvalue weighted by Gasteiger charge is -2.18. The van der Waals surface area contributed by atoms with Crippen molar-refractivity contribution >= 4 is 16.9 Å². The lowest BCUT2D eigenvalue weighted by molar-refractivity contribution is 0.0526. The predicted molar refractivity (Wildman–Crippen MR) is 117 cm³/mol. The molecule has 0 N–H and O–H groups in total. The molecule has 1 saturated carbocycles. The van der Waals surface area contributed by atoms with Gasteiger partial charge in [-0.2, -0.15) is 0 Å². The summed E-state index contributed by atoms with van der Waals surface area (Å²) < 4.78 is 18.3. The van der Waals surface area contributed by atoms with Gasteiger partial charge in [-0.3, -0.25) is 9.36 Å². The van der Waals surface area contributed by atoms with Crippen molar-refractivity contribution in [2.75, 3.05) is 13.7 Å². The number of hydrogen-bond acceptors (Lipinski definition) is 6. The Labute approximate surface area is 180 Å². The molecule has 1 fully saturated rings. The third-order valence-corrected chi connectivity index (χ3v) is 5.57. The minimum Gasteiger partial charge on any atom is -0.493 e. The number of fused-ring (bicyclic) bond motifs is 1. The van der Waals surface area contributed by atoms with Gasteiger partial charge >= 0.3 is 5.97 Å². The summed E-state index contributed by atoms with van der Waals surface area (Å²) in [5, 5.41) is 0.453. The van der Waals surface area contributed by atoms with Gasteiger partial charge in [-0.1, -0.05) is 0 Å². The molecule has 0 amide bonds. The number of rotatable bonds is 6. The summed E-state index contributed by atoms with van der Waals surface area (Å²) in [4.78, 5) is 30.0. The summed E-state index contributed by atoms with van der Waals surface area (Å²) in [5.41, 5.74) is 1.36. The van der Waals surface area contributed by atoms with Crippen LogP contribution in [0.25, 0.3) is 16.6 Å². The monoisotopic (exact) mass is 422 g/mol. The first-order chi connectivity index (χ1) is 15.0. The third kappa shape index (κ3) is 4.00. The lowest BCUT2D eigenvalue weighted by atomic mass is 10.1. The number of nitrogens with zero attached hydrogens (tertiary/aromatic N) is 2. The Hall–Kier alpha value is -3.35. The zero-order chi connectivity index (χ0) is 22.0. The molecule has 0 saturated heterocycles.